The Morgan fingerprint density at radius 3 is 2.60 bits per heavy atom. The van der Waals surface area contributed by atoms with Gasteiger partial charge in [-0.2, -0.15) is 13.2 Å². The van der Waals surface area contributed by atoms with Crippen LogP contribution >= 0.6 is 11.6 Å². The number of benzene rings is 1. The van der Waals surface area contributed by atoms with Crippen molar-refractivity contribution in [1.29, 1.82) is 0 Å². The Hall–Kier alpha value is -0.740. The van der Waals surface area contributed by atoms with Crippen molar-refractivity contribution in [3.63, 3.8) is 0 Å². The Kier molecular flexibility index (Phi) is 2.24. The van der Waals surface area contributed by atoms with Gasteiger partial charge in [-0.05, 0) is 36.1 Å². The van der Waals surface area contributed by atoms with Crippen molar-refractivity contribution >= 4 is 11.6 Å². The van der Waals surface area contributed by atoms with Gasteiger partial charge in [0.05, 0.1) is 0 Å². The van der Waals surface area contributed by atoms with Crippen LogP contribution in [0.1, 0.15) is 17.5 Å². The molecule has 0 aromatic heterocycles. The first-order valence-electron chi connectivity index (χ1n) is 4.42. The smallest absolute Gasteiger partial charge is 0.376 e. The monoisotopic (exact) mass is 236 g/mol. The van der Waals surface area contributed by atoms with E-state index in [4.69, 9.17) is 11.6 Å². The first-order chi connectivity index (χ1) is 6.84. The van der Waals surface area contributed by atoms with Gasteiger partial charge in [0, 0.05) is 5.02 Å². The summed E-state index contributed by atoms with van der Waals surface area (Å²) >= 11 is 5.67. The third kappa shape index (κ3) is 1.52. The molecule has 2 rings (SSSR count). The van der Waals surface area contributed by atoms with Gasteiger partial charge in [0.15, 0.2) is 5.60 Å². The SMILES string of the molecule is OC1(C(F)(F)F)CCc2cc(Cl)ccc21. The number of halogens is 4. The molecule has 0 amide bonds. The Morgan fingerprint density at radius 1 is 1.33 bits per heavy atom. The maximum atomic E-state index is 12.6. The van der Waals surface area contributed by atoms with Crippen LogP contribution in [-0.4, -0.2) is 11.3 Å². The topological polar surface area (TPSA) is 20.2 Å². The lowest BCUT2D eigenvalue weighted by Gasteiger charge is -2.26. The molecule has 1 atom stereocenters. The molecule has 15 heavy (non-hydrogen) atoms. The number of aryl methyl sites for hydroxylation is 1. The lowest BCUT2D eigenvalue weighted by atomic mass is 9.95. The summed E-state index contributed by atoms with van der Waals surface area (Å²) in [5, 5.41) is 9.99. The van der Waals surface area contributed by atoms with Gasteiger partial charge < -0.3 is 5.11 Å². The van der Waals surface area contributed by atoms with Gasteiger partial charge in [0.25, 0.3) is 0 Å². The first-order valence-corrected chi connectivity index (χ1v) is 4.80. The van der Waals surface area contributed by atoms with Crippen molar-refractivity contribution in [2.75, 3.05) is 0 Å². The Morgan fingerprint density at radius 2 is 2.00 bits per heavy atom. The van der Waals surface area contributed by atoms with Crippen LogP contribution in [-0.2, 0) is 12.0 Å². The van der Waals surface area contributed by atoms with E-state index in [0.717, 1.165) is 0 Å². The van der Waals surface area contributed by atoms with E-state index >= 15 is 0 Å². The van der Waals surface area contributed by atoms with Gasteiger partial charge in [-0.25, -0.2) is 0 Å². The Balaban J connectivity index is 2.53. The zero-order valence-corrected chi connectivity index (χ0v) is 8.36. The predicted octanol–water partition coefficient (Wildman–Crippen LogP) is 3.04. The zero-order chi connectivity index (χ0) is 11.3. The second kappa shape index (κ2) is 3.12. The van der Waals surface area contributed by atoms with E-state index in [9.17, 15) is 18.3 Å². The Labute approximate surface area is 89.5 Å². The second-order valence-electron chi connectivity index (χ2n) is 3.66. The van der Waals surface area contributed by atoms with Crippen molar-refractivity contribution in [3.05, 3.63) is 34.3 Å². The van der Waals surface area contributed by atoms with E-state index in [1.807, 2.05) is 0 Å². The summed E-state index contributed by atoms with van der Waals surface area (Å²) in [7, 11) is 0. The lowest BCUT2D eigenvalue weighted by Crippen LogP contribution is -2.40. The minimum atomic E-state index is -4.63. The number of rotatable bonds is 0. The molecule has 0 aliphatic heterocycles. The predicted molar refractivity (Wildman–Crippen MR) is 49.7 cm³/mol. The van der Waals surface area contributed by atoms with Gasteiger partial charge in [-0.3, -0.25) is 0 Å². The molecular weight excluding hydrogens is 229 g/mol. The lowest BCUT2D eigenvalue weighted by molar-refractivity contribution is -0.265. The molecular formula is C10H8ClF3O. The van der Waals surface area contributed by atoms with Gasteiger partial charge in [-0.15, -0.1) is 0 Å². The van der Waals surface area contributed by atoms with Crippen LogP contribution in [0, 0.1) is 0 Å². The fourth-order valence-corrected chi connectivity index (χ4v) is 2.11. The molecule has 1 aromatic rings. The highest BCUT2D eigenvalue weighted by atomic mass is 35.5. The van der Waals surface area contributed by atoms with Crippen LogP contribution in [0.5, 0.6) is 0 Å². The summed E-state index contributed by atoms with van der Waals surface area (Å²) in [5.74, 6) is 0. The van der Waals surface area contributed by atoms with Crippen molar-refractivity contribution < 1.29 is 18.3 Å². The summed E-state index contributed by atoms with van der Waals surface area (Å²) in [4.78, 5) is 0. The summed E-state index contributed by atoms with van der Waals surface area (Å²) < 4.78 is 37.9. The van der Waals surface area contributed by atoms with Crippen LogP contribution < -0.4 is 0 Å². The molecule has 0 bridgehead atoms. The molecule has 0 radical (unpaired) electrons. The first kappa shape index (κ1) is 10.8. The molecule has 1 aliphatic carbocycles. The van der Waals surface area contributed by atoms with E-state index in [2.05, 4.69) is 0 Å². The molecule has 0 saturated carbocycles. The minimum absolute atomic E-state index is 0.0700. The van der Waals surface area contributed by atoms with Crippen LogP contribution in [0.3, 0.4) is 0 Å². The molecule has 5 heteroatoms. The third-order valence-corrected chi connectivity index (χ3v) is 2.97. The highest BCUT2D eigenvalue weighted by Gasteiger charge is 2.57. The highest BCUT2D eigenvalue weighted by molar-refractivity contribution is 6.30. The largest absolute Gasteiger partial charge is 0.421 e. The molecule has 82 valence electrons. The second-order valence-corrected chi connectivity index (χ2v) is 4.10. The molecule has 1 N–H and O–H groups in total. The zero-order valence-electron chi connectivity index (χ0n) is 7.61. The maximum Gasteiger partial charge on any atom is 0.421 e. The number of fused-ring (bicyclic) bond motifs is 1. The number of alkyl halides is 3. The van der Waals surface area contributed by atoms with Crippen molar-refractivity contribution in [3.8, 4) is 0 Å². The maximum absolute atomic E-state index is 12.6. The fourth-order valence-electron chi connectivity index (χ4n) is 1.92. The van der Waals surface area contributed by atoms with Crippen molar-refractivity contribution in [1.82, 2.24) is 0 Å². The van der Waals surface area contributed by atoms with E-state index in [0.29, 0.717) is 10.6 Å². The molecule has 1 nitrogen and oxygen atoms in total. The van der Waals surface area contributed by atoms with Crippen LogP contribution in [0.2, 0.25) is 5.02 Å². The van der Waals surface area contributed by atoms with Crippen LogP contribution in [0.15, 0.2) is 18.2 Å². The van der Waals surface area contributed by atoms with Crippen molar-refractivity contribution in [2.45, 2.75) is 24.6 Å². The van der Waals surface area contributed by atoms with E-state index in [-0.39, 0.29) is 18.4 Å². The summed E-state index contributed by atoms with van der Waals surface area (Å²) in [6.07, 6.45) is -4.76. The number of hydrogen-bond acceptors (Lipinski definition) is 1. The summed E-state index contributed by atoms with van der Waals surface area (Å²) in [5.41, 5.74) is -2.30. The normalized spacial score (nSPS) is 25.4. The highest BCUT2D eigenvalue weighted by Crippen LogP contribution is 2.48. The molecule has 0 spiro atoms. The third-order valence-electron chi connectivity index (χ3n) is 2.74. The van der Waals surface area contributed by atoms with Gasteiger partial charge in [-0.1, -0.05) is 17.7 Å². The summed E-state index contributed by atoms with van der Waals surface area (Å²) in [6, 6.07) is 4.08. The van der Waals surface area contributed by atoms with E-state index < -0.39 is 11.8 Å². The van der Waals surface area contributed by atoms with E-state index in [1.165, 1.54) is 18.2 Å². The Bertz CT molecular complexity index is 402. The molecule has 0 fully saturated rings. The fraction of sp³-hybridized carbons (Fsp3) is 0.400. The van der Waals surface area contributed by atoms with Gasteiger partial charge in [0.1, 0.15) is 0 Å². The van der Waals surface area contributed by atoms with Gasteiger partial charge >= 0.3 is 6.18 Å². The van der Waals surface area contributed by atoms with Gasteiger partial charge in [0.2, 0.25) is 0 Å². The van der Waals surface area contributed by atoms with Crippen LogP contribution in [0.25, 0.3) is 0 Å². The quantitative estimate of drug-likeness (QED) is 0.734. The number of hydrogen-bond donors (Lipinski definition) is 1. The molecule has 1 aromatic carbocycles. The van der Waals surface area contributed by atoms with Crippen LogP contribution in [0.4, 0.5) is 13.2 Å². The molecule has 1 unspecified atom stereocenters. The average Bonchev–Trinajstić information content (AvgIpc) is 2.43. The summed E-state index contributed by atoms with van der Waals surface area (Å²) in [6.45, 7) is 0. The molecule has 0 saturated heterocycles. The van der Waals surface area contributed by atoms with E-state index in [1.54, 1.807) is 0 Å². The average molecular weight is 237 g/mol. The minimum Gasteiger partial charge on any atom is -0.376 e. The molecule has 0 heterocycles. The molecule has 1 aliphatic rings. The van der Waals surface area contributed by atoms with Crippen molar-refractivity contribution in [2.24, 2.45) is 0 Å². The number of aliphatic hydroxyl groups is 1. The standard InChI is InChI=1S/C10H8ClF3O/c11-7-1-2-8-6(5-7)3-4-9(8,15)10(12,13)14/h1-2,5,15H,3-4H2.